The molecule has 0 saturated heterocycles. The summed E-state index contributed by atoms with van der Waals surface area (Å²) in [5.74, 6) is -0.181. The molecule has 0 aromatic rings. The molecular formula is C48H84N2O6P+. The number of nitrogens with one attached hydrogen (secondary N) is 1. The summed E-state index contributed by atoms with van der Waals surface area (Å²) < 4.78 is 23.4. The minimum Gasteiger partial charge on any atom is -0.391 e. The lowest BCUT2D eigenvalue weighted by atomic mass is 10.0. The van der Waals surface area contributed by atoms with Gasteiger partial charge in [-0.15, -0.1) is 0 Å². The van der Waals surface area contributed by atoms with Gasteiger partial charge in [-0.05, 0) is 77.0 Å². The van der Waals surface area contributed by atoms with Crippen molar-refractivity contribution in [3.8, 4) is 0 Å². The van der Waals surface area contributed by atoms with Crippen molar-refractivity contribution < 1.29 is 32.9 Å². The Balaban J connectivity index is 4.19. The second kappa shape index (κ2) is 38.9. The predicted molar refractivity (Wildman–Crippen MR) is 244 cm³/mol. The highest BCUT2D eigenvalue weighted by Crippen LogP contribution is 2.43. The van der Waals surface area contributed by atoms with Crippen LogP contribution in [0.2, 0.25) is 0 Å². The summed E-state index contributed by atoms with van der Waals surface area (Å²) >= 11 is 0. The second-order valence-electron chi connectivity index (χ2n) is 15.7. The van der Waals surface area contributed by atoms with E-state index in [1.165, 1.54) is 19.3 Å². The van der Waals surface area contributed by atoms with E-state index in [2.05, 4.69) is 116 Å². The number of allylic oxidation sites excluding steroid dienone is 16. The molecule has 0 aliphatic heterocycles. The number of phosphoric acid groups is 1. The monoisotopic (exact) mass is 816 g/mol. The number of amides is 1. The second-order valence-corrected chi connectivity index (χ2v) is 17.1. The lowest BCUT2D eigenvalue weighted by Gasteiger charge is -2.26. The fourth-order valence-electron chi connectivity index (χ4n) is 5.59. The Kier molecular flexibility index (Phi) is 37.2. The van der Waals surface area contributed by atoms with E-state index in [4.69, 9.17) is 9.05 Å². The first-order chi connectivity index (χ1) is 27.5. The highest BCUT2D eigenvalue weighted by Gasteiger charge is 2.28. The Morgan fingerprint density at radius 3 is 1.54 bits per heavy atom. The third-order valence-corrected chi connectivity index (χ3v) is 10.1. The fraction of sp³-hybridized carbons (Fsp3) is 0.646. The first kappa shape index (κ1) is 54.4. The Labute approximate surface area is 349 Å². The van der Waals surface area contributed by atoms with Crippen LogP contribution in [0.15, 0.2) is 97.2 Å². The molecule has 0 fully saturated rings. The van der Waals surface area contributed by atoms with Crippen LogP contribution in [0.3, 0.4) is 0 Å². The fourth-order valence-corrected chi connectivity index (χ4v) is 6.32. The van der Waals surface area contributed by atoms with Gasteiger partial charge in [0.15, 0.2) is 0 Å². The van der Waals surface area contributed by atoms with Gasteiger partial charge in [0.05, 0.1) is 39.9 Å². The predicted octanol–water partition coefficient (Wildman–Crippen LogP) is 12.4. The largest absolute Gasteiger partial charge is 0.472 e. The van der Waals surface area contributed by atoms with Gasteiger partial charge in [0, 0.05) is 6.42 Å². The number of carbonyl (C=O) groups excluding carboxylic acids is 1. The summed E-state index contributed by atoms with van der Waals surface area (Å²) in [6, 6.07) is -0.777. The Morgan fingerprint density at radius 1 is 0.614 bits per heavy atom. The Morgan fingerprint density at radius 2 is 1.05 bits per heavy atom. The van der Waals surface area contributed by atoms with Gasteiger partial charge in [-0.2, -0.15) is 0 Å². The van der Waals surface area contributed by atoms with Crippen LogP contribution in [0.1, 0.15) is 149 Å². The molecule has 326 valence electrons. The average Bonchev–Trinajstić information content (AvgIpc) is 3.16. The topological polar surface area (TPSA) is 105 Å². The number of aliphatic hydroxyl groups excluding tert-OH is 1. The molecule has 0 saturated carbocycles. The molecule has 0 bridgehead atoms. The van der Waals surface area contributed by atoms with Crippen LogP contribution in [0.4, 0.5) is 0 Å². The van der Waals surface area contributed by atoms with Crippen LogP contribution in [0.5, 0.6) is 0 Å². The number of quaternary nitrogens is 1. The molecule has 57 heavy (non-hydrogen) atoms. The lowest BCUT2D eigenvalue weighted by Crippen LogP contribution is -2.46. The minimum atomic E-state index is -4.31. The number of nitrogens with zero attached hydrogens (tertiary/aromatic N) is 1. The van der Waals surface area contributed by atoms with Crippen molar-refractivity contribution in [2.45, 2.75) is 161 Å². The maximum absolute atomic E-state index is 12.8. The number of phosphoric ester groups is 1. The lowest BCUT2D eigenvalue weighted by molar-refractivity contribution is -0.870. The van der Waals surface area contributed by atoms with Crippen molar-refractivity contribution in [1.29, 1.82) is 0 Å². The molecule has 3 atom stereocenters. The zero-order chi connectivity index (χ0) is 42.1. The van der Waals surface area contributed by atoms with Crippen molar-refractivity contribution in [3.05, 3.63) is 97.2 Å². The summed E-state index contributed by atoms with van der Waals surface area (Å²) in [6.45, 7) is 4.65. The van der Waals surface area contributed by atoms with Gasteiger partial charge in [0.25, 0.3) is 0 Å². The molecule has 0 heterocycles. The van der Waals surface area contributed by atoms with Crippen molar-refractivity contribution in [2.75, 3.05) is 40.9 Å². The number of hydrogen-bond acceptors (Lipinski definition) is 5. The Bertz CT molecular complexity index is 1240. The molecule has 0 aromatic heterocycles. The molecule has 0 aliphatic rings. The number of rotatable bonds is 38. The van der Waals surface area contributed by atoms with E-state index in [9.17, 15) is 19.4 Å². The summed E-state index contributed by atoms with van der Waals surface area (Å²) in [5.41, 5.74) is 0. The van der Waals surface area contributed by atoms with Crippen LogP contribution < -0.4 is 5.32 Å². The molecule has 0 aliphatic carbocycles. The zero-order valence-corrected chi connectivity index (χ0v) is 37.7. The molecule has 0 rings (SSSR count). The minimum absolute atomic E-state index is 0.0627. The molecular weight excluding hydrogens is 732 g/mol. The van der Waals surface area contributed by atoms with Crippen LogP contribution in [-0.4, -0.2) is 73.4 Å². The van der Waals surface area contributed by atoms with E-state index in [0.29, 0.717) is 23.9 Å². The third kappa shape index (κ3) is 41.4. The van der Waals surface area contributed by atoms with Gasteiger partial charge in [0.2, 0.25) is 5.91 Å². The molecule has 3 unspecified atom stereocenters. The first-order valence-corrected chi connectivity index (χ1v) is 23.6. The first-order valence-electron chi connectivity index (χ1n) is 22.1. The summed E-state index contributed by atoms with van der Waals surface area (Å²) in [7, 11) is 1.57. The molecule has 9 heteroatoms. The molecule has 0 spiro atoms. The van der Waals surface area contributed by atoms with Crippen molar-refractivity contribution in [2.24, 2.45) is 0 Å². The van der Waals surface area contributed by atoms with Crippen molar-refractivity contribution in [1.82, 2.24) is 5.32 Å². The third-order valence-electron chi connectivity index (χ3n) is 9.10. The molecule has 1 amide bonds. The van der Waals surface area contributed by atoms with Gasteiger partial charge >= 0.3 is 7.82 Å². The quantitative estimate of drug-likeness (QED) is 0.0248. The molecule has 0 aromatic carbocycles. The van der Waals surface area contributed by atoms with Gasteiger partial charge in [-0.1, -0.05) is 162 Å². The number of aliphatic hydroxyl groups is 1. The molecule has 3 N–H and O–H groups in total. The van der Waals surface area contributed by atoms with Gasteiger partial charge in [-0.25, -0.2) is 4.57 Å². The summed E-state index contributed by atoms with van der Waals surface area (Å²) in [6.07, 6.45) is 54.7. The zero-order valence-electron chi connectivity index (χ0n) is 36.8. The van der Waals surface area contributed by atoms with Crippen molar-refractivity contribution >= 4 is 13.7 Å². The Hall–Kier alpha value is -2.58. The maximum Gasteiger partial charge on any atom is 0.472 e. The van der Waals surface area contributed by atoms with Crippen molar-refractivity contribution in [3.63, 3.8) is 0 Å². The van der Waals surface area contributed by atoms with E-state index >= 15 is 0 Å². The van der Waals surface area contributed by atoms with E-state index in [0.717, 1.165) is 103 Å². The van der Waals surface area contributed by atoms with Crippen LogP contribution >= 0.6 is 7.82 Å². The van der Waals surface area contributed by atoms with E-state index < -0.39 is 20.0 Å². The van der Waals surface area contributed by atoms with Crippen LogP contribution in [0.25, 0.3) is 0 Å². The SMILES string of the molecule is CC/C=C\C/C=C\C/C=C\C/C=C\C/C=C\C/C=C\C/C=C\C/C=C\CCCCCCC(=O)NC(COP(=O)(O)OCC[N+](C)(C)C)C(O)CCCCCCCC. The van der Waals surface area contributed by atoms with Gasteiger partial charge in [0.1, 0.15) is 13.2 Å². The van der Waals surface area contributed by atoms with E-state index in [1.54, 1.807) is 0 Å². The highest BCUT2D eigenvalue weighted by molar-refractivity contribution is 7.47. The number of unbranched alkanes of at least 4 members (excludes halogenated alkanes) is 9. The molecule has 0 radical (unpaired) electrons. The number of carbonyl (C=O) groups is 1. The van der Waals surface area contributed by atoms with E-state index in [-0.39, 0.29) is 19.1 Å². The smallest absolute Gasteiger partial charge is 0.391 e. The molecule has 8 nitrogen and oxygen atoms in total. The average molecular weight is 816 g/mol. The number of likely N-dealkylation sites (N-methyl/N-ethyl adjacent to an activating group) is 1. The van der Waals surface area contributed by atoms with Gasteiger partial charge in [-0.3, -0.25) is 13.8 Å². The number of hydrogen-bond donors (Lipinski definition) is 3. The van der Waals surface area contributed by atoms with Crippen LogP contribution in [-0.2, 0) is 18.4 Å². The van der Waals surface area contributed by atoms with Gasteiger partial charge < -0.3 is 19.8 Å². The highest BCUT2D eigenvalue weighted by atomic mass is 31.2. The summed E-state index contributed by atoms with van der Waals surface area (Å²) in [5, 5.41) is 13.8. The maximum atomic E-state index is 12.8. The van der Waals surface area contributed by atoms with Crippen LogP contribution in [0, 0.1) is 0 Å². The normalized spacial score (nSPS) is 15.3. The van der Waals surface area contributed by atoms with E-state index in [1.807, 2.05) is 21.1 Å². The standard InChI is InChI=1S/C48H83N2O6P/c1-6-8-10-12-14-15-16-17-18-19-20-21-22-23-24-25-26-27-28-29-30-31-32-33-34-35-36-38-40-42-48(52)49-46(47(51)41-39-37-13-11-9-7-2)45-56-57(53,54)55-44-43-50(3,4)5/h8,10,14-15,17-18,20-21,23-24,26-27,29-30,32-33,46-47,51H,6-7,9,11-13,16,19,22,25,28,31,34-45H2,1-5H3,(H-,49,52,53,54)/p+1/b10-8-,15-14-,18-17-,21-20-,24-23-,27-26-,30-29-,33-32-. The summed E-state index contributed by atoms with van der Waals surface area (Å²) in [4.78, 5) is 23.0.